The van der Waals surface area contributed by atoms with E-state index in [0.717, 1.165) is 12.1 Å². The number of nitrogens with one attached hydrogen (secondary N) is 1. The quantitative estimate of drug-likeness (QED) is 0.719. The fraction of sp³-hybridized carbons (Fsp3) is 0.667. The van der Waals surface area contributed by atoms with E-state index in [1.807, 2.05) is 6.07 Å². The monoisotopic (exact) mass is 407 g/mol. The first kappa shape index (κ1) is 21.1. The summed E-state index contributed by atoms with van der Waals surface area (Å²) in [4.78, 5) is 14.2. The van der Waals surface area contributed by atoms with Crippen LogP contribution in [0.2, 0.25) is 0 Å². The molecule has 7 heteroatoms. The van der Waals surface area contributed by atoms with Crippen LogP contribution in [0.4, 0.5) is 5.69 Å². The van der Waals surface area contributed by atoms with Crippen LogP contribution in [-0.4, -0.2) is 57.1 Å². The fourth-order valence-electron chi connectivity index (χ4n) is 4.22. The molecule has 0 spiro atoms. The molecule has 0 radical (unpaired) electrons. The van der Waals surface area contributed by atoms with Gasteiger partial charge in [0.2, 0.25) is 15.9 Å². The molecule has 0 atom stereocenters. The molecule has 1 heterocycles. The molecule has 1 aromatic carbocycles. The summed E-state index contributed by atoms with van der Waals surface area (Å²) < 4.78 is 26.7. The van der Waals surface area contributed by atoms with Crippen LogP contribution >= 0.6 is 0 Å². The third-order valence-electron chi connectivity index (χ3n) is 5.94. The average Bonchev–Trinajstić information content (AvgIpc) is 3.20. The Hall–Kier alpha value is -1.60. The summed E-state index contributed by atoms with van der Waals surface area (Å²) in [6.07, 6.45) is 6.47. The second kappa shape index (κ2) is 9.74. The highest BCUT2D eigenvalue weighted by Crippen LogP contribution is 2.28. The lowest BCUT2D eigenvalue weighted by Gasteiger charge is -2.35. The van der Waals surface area contributed by atoms with Gasteiger partial charge in [-0.2, -0.15) is 4.31 Å². The molecule has 0 unspecified atom stereocenters. The molecule has 1 amide bonds. The zero-order chi connectivity index (χ0) is 20.0. The van der Waals surface area contributed by atoms with Crippen molar-refractivity contribution in [3.63, 3.8) is 0 Å². The van der Waals surface area contributed by atoms with Crippen molar-refractivity contribution in [1.82, 2.24) is 9.62 Å². The topological polar surface area (TPSA) is 69.7 Å². The summed E-state index contributed by atoms with van der Waals surface area (Å²) in [5.74, 6) is 0.637. The maximum atomic E-state index is 12.6. The number of hydrogen-bond acceptors (Lipinski definition) is 4. The van der Waals surface area contributed by atoms with Gasteiger partial charge in [0, 0.05) is 44.8 Å². The van der Waals surface area contributed by atoms with Crippen molar-refractivity contribution in [1.29, 1.82) is 0 Å². The number of sulfonamides is 1. The highest BCUT2D eigenvalue weighted by molar-refractivity contribution is 7.89. The highest BCUT2D eigenvalue weighted by atomic mass is 32.2. The van der Waals surface area contributed by atoms with Gasteiger partial charge in [-0.3, -0.25) is 4.79 Å². The second-order valence-corrected chi connectivity index (χ2v) is 10.2. The third kappa shape index (κ3) is 5.95. The number of amides is 1. The van der Waals surface area contributed by atoms with Gasteiger partial charge in [0.1, 0.15) is 0 Å². The lowest BCUT2D eigenvalue weighted by Crippen LogP contribution is -2.50. The first-order valence-corrected chi connectivity index (χ1v) is 12.1. The van der Waals surface area contributed by atoms with Crippen molar-refractivity contribution >= 4 is 21.6 Å². The van der Waals surface area contributed by atoms with Crippen LogP contribution in [0, 0.1) is 12.8 Å². The number of anilines is 1. The van der Waals surface area contributed by atoms with E-state index < -0.39 is 10.0 Å². The van der Waals surface area contributed by atoms with Gasteiger partial charge in [-0.25, -0.2) is 8.42 Å². The van der Waals surface area contributed by atoms with E-state index in [4.69, 9.17) is 0 Å². The van der Waals surface area contributed by atoms with Gasteiger partial charge in [0.15, 0.2) is 0 Å². The summed E-state index contributed by atoms with van der Waals surface area (Å²) in [7, 11) is -3.33. The molecule has 1 aliphatic carbocycles. The molecule has 6 nitrogen and oxygen atoms in total. The Balaban J connectivity index is 1.38. The summed E-state index contributed by atoms with van der Waals surface area (Å²) in [6, 6.07) is 8.29. The van der Waals surface area contributed by atoms with Crippen molar-refractivity contribution in [2.24, 2.45) is 5.92 Å². The Kier molecular flexibility index (Phi) is 7.35. The molecule has 1 saturated heterocycles. The van der Waals surface area contributed by atoms with Gasteiger partial charge < -0.3 is 10.2 Å². The minimum Gasteiger partial charge on any atom is -0.369 e. The molecule has 2 fully saturated rings. The number of benzene rings is 1. The lowest BCUT2D eigenvalue weighted by atomic mass is 10.0. The van der Waals surface area contributed by atoms with Gasteiger partial charge in [-0.15, -0.1) is 0 Å². The fourth-order valence-corrected chi connectivity index (χ4v) is 5.56. The molecular weight excluding hydrogens is 374 g/mol. The third-order valence-corrected chi connectivity index (χ3v) is 7.81. The van der Waals surface area contributed by atoms with Crippen molar-refractivity contribution in [2.45, 2.75) is 45.4 Å². The van der Waals surface area contributed by atoms with Crippen LogP contribution in [0.3, 0.4) is 0 Å². The Labute approximate surface area is 169 Å². The number of piperazine rings is 1. The molecular formula is C21H33N3O3S. The van der Waals surface area contributed by atoms with Crippen molar-refractivity contribution in [2.75, 3.05) is 43.4 Å². The lowest BCUT2D eigenvalue weighted by molar-refractivity contribution is -0.121. The maximum Gasteiger partial charge on any atom is 0.220 e. The van der Waals surface area contributed by atoms with E-state index in [0.29, 0.717) is 38.5 Å². The number of hydrogen-bond donors (Lipinski definition) is 1. The van der Waals surface area contributed by atoms with Crippen molar-refractivity contribution < 1.29 is 13.2 Å². The molecule has 3 rings (SSSR count). The molecule has 0 bridgehead atoms. The van der Waals surface area contributed by atoms with Crippen LogP contribution in [0.1, 0.15) is 44.1 Å². The Morgan fingerprint density at radius 3 is 2.54 bits per heavy atom. The normalized spacial score (nSPS) is 19.1. The van der Waals surface area contributed by atoms with Crippen LogP contribution < -0.4 is 10.2 Å². The van der Waals surface area contributed by atoms with Gasteiger partial charge in [0.25, 0.3) is 0 Å². The average molecular weight is 408 g/mol. The minimum absolute atomic E-state index is 0.0212. The van der Waals surface area contributed by atoms with E-state index >= 15 is 0 Å². The molecule has 28 heavy (non-hydrogen) atoms. The molecule has 1 N–H and O–H groups in total. The number of nitrogens with zero attached hydrogens (tertiary/aromatic N) is 2. The molecule has 1 aliphatic heterocycles. The molecule has 1 saturated carbocycles. The van der Waals surface area contributed by atoms with E-state index in [1.165, 1.54) is 31.2 Å². The molecule has 0 aromatic heterocycles. The van der Waals surface area contributed by atoms with Crippen LogP contribution in [0.5, 0.6) is 0 Å². The molecule has 1 aromatic rings. The van der Waals surface area contributed by atoms with Gasteiger partial charge in [-0.05, 0) is 37.0 Å². The van der Waals surface area contributed by atoms with Gasteiger partial charge in [0.05, 0.1) is 5.75 Å². The zero-order valence-electron chi connectivity index (χ0n) is 16.9. The van der Waals surface area contributed by atoms with E-state index in [-0.39, 0.29) is 18.2 Å². The first-order valence-electron chi connectivity index (χ1n) is 10.5. The SMILES string of the molecule is Cc1cccc(N2CCN(S(=O)(=O)CCNC(=O)CCC3CCCC3)CC2)c1. The Bertz CT molecular complexity index is 752. The summed E-state index contributed by atoms with van der Waals surface area (Å²) >= 11 is 0. The first-order chi connectivity index (χ1) is 13.4. The second-order valence-electron chi connectivity index (χ2n) is 8.08. The molecule has 156 valence electrons. The highest BCUT2D eigenvalue weighted by Gasteiger charge is 2.27. The summed E-state index contributed by atoms with van der Waals surface area (Å²) in [5, 5.41) is 2.79. The van der Waals surface area contributed by atoms with E-state index in [9.17, 15) is 13.2 Å². The smallest absolute Gasteiger partial charge is 0.220 e. The van der Waals surface area contributed by atoms with E-state index in [2.05, 4.69) is 35.3 Å². The van der Waals surface area contributed by atoms with Gasteiger partial charge >= 0.3 is 0 Å². The number of carbonyl (C=O) groups is 1. The van der Waals surface area contributed by atoms with Crippen LogP contribution in [0.25, 0.3) is 0 Å². The number of rotatable bonds is 8. The Morgan fingerprint density at radius 1 is 1.14 bits per heavy atom. The van der Waals surface area contributed by atoms with Crippen LogP contribution in [-0.2, 0) is 14.8 Å². The predicted molar refractivity (Wildman–Crippen MR) is 113 cm³/mol. The largest absolute Gasteiger partial charge is 0.369 e. The molecule has 2 aliphatic rings. The number of carbonyl (C=O) groups excluding carboxylic acids is 1. The number of aryl methyl sites for hydroxylation is 1. The van der Waals surface area contributed by atoms with Crippen LogP contribution in [0.15, 0.2) is 24.3 Å². The minimum atomic E-state index is -3.33. The summed E-state index contributed by atoms with van der Waals surface area (Å²) in [6.45, 7) is 4.63. The van der Waals surface area contributed by atoms with E-state index in [1.54, 1.807) is 4.31 Å². The Morgan fingerprint density at radius 2 is 1.86 bits per heavy atom. The van der Waals surface area contributed by atoms with Crippen molar-refractivity contribution in [3.05, 3.63) is 29.8 Å². The van der Waals surface area contributed by atoms with Gasteiger partial charge in [-0.1, -0.05) is 37.8 Å². The maximum absolute atomic E-state index is 12.6. The van der Waals surface area contributed by atoms with Crippen molar-refractivity contribution in [3.8, 4) is 0 Å². The summed E-state index contributed by atoms with van der Waals surface area (Å²) in [5.41, 5.74) is 2.35. The standard InChI is InChI=1S/C21H33N3O3S/c1-18-5-4-8-20(17-18)23-12-14-24(15-13-23)28(26,27)16-11-22-21(25)10-9-19-6-2-3-7-19/h4-5,8,17,19H,2-3,6-7,9-16H2,1H3,(H,22,25). The zero-order valence-corrected chi connectivity index (χ0v) is 17.7. The predicted octanol–water partition coefficient (Wildman–Crippen LogP) is 2.53.